The Morgan fingerprint density at radius 2 is 2.00 bits per heavy atom. The molecule has 1 aromatic carbocycles. The molecule has 0 radical (unpaired) electrons. The lowest BCUT2D eigenvalue weighted by Crippen LogP contribution is -2.27. The van der Waals surface area contributed by atoms with Crippen LogP contribution in [0.2, 0.25) is 0 Å². The maximum absolute atomic E-state index is 9.87. The van der Waals surface area contributed by atoms with Gasteiger partial charge < -0.3 is 10.2 Å². The molecule has 0 amide bonds. The lowest BCUT2D eigenvalue weighted by Gasteiger charge is -2.05. The highest BCUT2D eigenvalue weighted by molar-refractivity contribution is 7.98. The summed E-state index contributed by atoms with van der Waals surface area (Å²) in [7, 11) is 1.83. The summed E-state index contributed by atoms with van der Waals surface area (Å²) in [6, 6.07) is 5.69. The second kappa shape index (κ2) is 3.62. The maximum atomic E-state index is 9.87. The number of hydrogen-bond acceptors (Lipinski definition) is 3. The van der Waals surface area contributed by atoms with Crippen molar-refractivity contribution in [2.45, 2.75) is 4.90 Å². The quantitative estimate of drug-likeness (QED) is 0.439. The molecule has 0 unspecified atom stereocenters. The normalized spacial score (nSPS) is 10.8. The van der Waals surface area contributed by atoms with Crippen molar-refractivity contribution in [3.63, 3.8) is 0 Å². The summed E-state index contributed by atoms with van der Waals surface area (Å²) in [5.41, 5.74) is 0.646. The molecular weight excluding hydrogens is 210 g/mol. The Morgan fingerprint density at radius 3 is 2.67 bits per heavy atom. The molecule has 2 N–H and O–H groups in total. The number of aryl methyl sites for hydroxylation is 1. The maximum Gasteiger partial charge on any atom is 0.258 e. The monoisotopic (exact) mass is 222 g/mol. The second-order valence-electron chi connectivity index (χ2n) is 3.33. The summed E-state index contributed by atoms with van der Waals surface area (Å²) in [6.45, 7) is 0. The topological polar surface area (TPSA) is 44.3 Å². The fourth-order valence-electron chi connectivity index (χ4n) is 1.65. The first-order valence-corrected chi connectivity index (χ1v) is 5.75. The van der Waals surface area contributed by atoms with Crippen molar-refractivity contribution in [2.75, 3.05) is 6.26 Å². The number of hydrogen-bond donors (Lipinski definition) is 2. The van der Waals surface area contributed by atoms with Crippen molar-refractivity contribution in [3.8, 4) is 11.5 Å². The molecule has 0 spiro atoms. The molecule has 0 aliphatic rings. The van der Waals surface area contributed by atoms with Gasteiger partial charge in [-0.25, -0.2) is 0 Å². The molecule has 0 fully saturated rings. The first kappa shape index (κ1) is 10.1. The zero-order chi connectivity index (χ0) is 11.0. The van der Waals surface area contributed by atoms with E-state index in [2.05, 4.69) is 0 Å². The molecule has 3 nitrogen and oxygen atoms in total. The van der Waals surface area contributed by atoms with Gasteiger partial charge in [0.15, 0.2) is 11.9 Å². The van der Waals surface area contributed by atoms with Gasteiger partial charge in [0, 0.05) is 6.07 Å². The molecule has 1 aromatic heterocycles. The summed E-state index contributed by atoms with van der Waals surface area (Å²) < 4.78 is 1.79. The van der Waals surface area contributed by atoms with E-state index in [9.17, 15) is 10.2 Å². The minimum atomic E-state index is -0.0556. The van der Waals surface area contributed by atoms with E-state index in [-0.39, 0.29) is 11.5 Å². The number of benzene rings is 1. The molecule has 4 heteroatoms. The van der Waals surface area contributed by atoms with Crippen molar-refractivity contribution in [1.82, 2.24) is 0 Å². The predicted octanol–water partition coefficient (Wildman–Crippen LogP) is 1.80. The lowest BCUT2D eigenvalue weighted by atomic mass is 10.2. The summed E-state index contributed by atoms with van der Waals surface area (Å²) in [5, 5.41) is 20.5. The number of aromatic nitrogens is 1. The van der Waals surface area contributed by atoms with Gasteiger partial charge in [0.2, 0.25) is 5.75 Å². The van der Waals surface area contributed by atoms with Crippen molar-refractivity contribution in [2.24, 2.45) is 7.05 Å². The van der Waals surface area contributed by atoms with E-state index in [1.54, 1.807) is 4.57 Å². The Balaban J connectivity index is 2.91. The first-order valence-electron chi connectivity index (χ1n) is 4.52. The minimum Gasteiger partial charge on any atom is -0.503 e. The molecule has 1 heterocycles. The van der Waals surface area contributed by atoms with Crippen LogP contribution in [-0.4, -0.2) is 16.5 Å². The summed E-state index contributed by atoms with van der Waals surface area (Å²) in [6.07, 6.45) is 3.70. The van der Waals surface area contributed by atoms with Crippen LogP contribution in [0.4, 0.5) is 0 Å². The van der Waals surface area contributed by atoms with Crippen molar-refractivity contribution < 1.29 is 14.8 Å². The van der Waals surface area contributed by atoms with Crippen LogP contribution in [0.1, 0.15) is 0 Å². The van der Waals surface area contributed by atoms with E-state index in [1.807, 2.05) is 37.7 Å². The third kappa shape index (κ3) is 1.51. The molecule has 0 aliphatic heterocycles. The molecule has 0 bridgehead atoms. The number of phenolic OH excluding ortho intramolecular Hbond substituents is 2. The van der Waals surface area contributed by atoms with E-state index in [4.69, 9.17) is 0 Å². The average molecular weight is 222 g/mol. The van der Waals surface area contributed by atoms with E-state index < -0.39 is 0 Å². The Labute approximate surface area is 92.0 Å². The Morgan fingerprint density at radius 1 is 1.27 bits per heavy atom. The van der Waals surface area contributed by atoms with Crippen molar-refractivity contribution in [3.05, 3.63) is 24.4 Å². The van der Waals surface area contributed by atoms with Crippen LogP contribution in [0.25, 0.3) is 10.9 Å². The van der Waals surface area contributed by atoms with Crippen LogP contribution in [-0.2, 0) is 7.05 Å². The van der Waals surface area contributed by atoms with Gasteiger partial charge in [0.25, 0.3) is 5.52 Å². The third-order valence-corrected chi connectivity index (χ3v) is 3.15. The van der Waals surface area contributed by atoms with E-state index in [0.29, 0.717) is 10.4 Å². The van der Waals surface area contributed by atoms with Gasteiger partial charge >= 0.3 is 0 Å². The van der Waals surface area contributed by atoms with Crippen LogP contribution in [0, 0.1) is 0 Å². The molecule has 0 atom stereocenters. The Kier molecular flexibility index (Phi) is 2.44. The summed E-state index contributed by atoms with van der Waals surface area (Å²) >= 11 is 1.41. The molecule has 2 aromatic rings. The minimum absolute atomic E-state index is 0.0446. The smallest absolute Gasteiger partial charge is 0.258 e. The molecule has 15 heavy (non-hydrogen) atoms. The van der Waals surface area contributed by atoms with E-state index >= 15 is 0 Å². The van der Waals surface area contributed by atoms with Gasteiger partial charge in [0.1, 0.15) is 7.05 Å². The number of aromatic hydroxyl groups is 2. The second-order valence-corrected chi connectivity index (χ2v) is 4.18. The number of pyridine rings is 1. The molecule has 2 rings (SSSR count). The molecule has 0 aliphatic carbocycles. The van der Waals surface area contributed by atoms with Crippen molar-refractivity contribution in [1.29, 1.82) is 0 Å². The van der Waals surface area contributed by atoms with Gasteiger partial charge in [-0.3, -0.25) is 0 Å². The first-order chi connectivity index (χ1) is 7.15. The van der Waals surface area contributed by atoms with Crippen LogP contribution < -0.4 is 4.57 Å². The Hall–Kier alpha value is -1.42. The predicted molar refractivity (Wildman–Crippen MR) is 60.2 cm³/mol. The number of fused-ring (bicyclic) bond motifs is 1. The summed E-state index contributed by atoms with van der Waals surface area (Å²) in [4.78, 5) is 0.686. The standard InChI is InChI=1S/C11H11NO2S/c1-12-5-3-4-7-6-8(15-2)10(13)11(14)9(7)12/h3-6,14H,1-2H3/p+1. The fourth-order valence-corrected chi connectivity index (χ4v) is 2.18. The SMILES string of the molecule is CSc1cc2ccc[n+](C)c2c(O)c1O. The number of phenols is 2. The zero-order valence-corrected chi connectivity index (χ0v) is 9.38. The highest BCUT2D eigenvalue weighted by Crippen LogP contribution is 2.39. The van der Waals surface area contributed by atoms with Crippen LogP contribution in [0.5, 0.6) is 11.5 Å². The third-order valence-electron chi connectivity index (χ3n) is 2.40. The molecular formula is C11H12NO2S+. The van der Waals surface area contributed by atoms with Gasteiger partial charge in [0.05, 0.1) is 10.3 Å². The number of thioether (sulfide) groups is 1. The van der Waals surface area contributed by atoms with Crippen molar-refractivity contribution >= 4 is 22.7 Å². The van der Waals surface area contributed by atoms with Crippen LogP contribution in [0.15, 0.2) is 29.3 Å². The van der Waals surface area contributed by atoms with Gasteiger partial charge in [-0.05, 0) is 18.4 Å². The molecule has 0 saturated heterocycles. The average Bonchev–Trinajstić information content (AvgIpc) is 2.23. The molecule has 78 valence electrons. The zero-order valence-electron chi connectivity index (χ0n) is 8.56. The van der Waals surface area contributed by atoms with E-state index in [1.165, 1.54) is 11.8 Å². The largest absolute Gasteiger partial charge is 0.503 e. The number of rotatable bonds is 1. The van der Waals surface area contributed by atoms with E-state index in [0.717, 1.165) is 5.39 Å². The highest BCUT2D eigenvalue weighted by Gasteiger charge is 2.17. The molecule has 0 saturated carbocycles. The highest BCUT2D eigenvalue weighted by atomic mass is 32.2. The van der Waals surface area contributed by atoms with Crippen LogP contribution >= 0.6 is 11.8 Å². The summed E-state index contributed by atoms with van der Waals surface area (Å²) in [5.74, 6) is -0.100. The van der Waals surface area contributed by atoms with Gasteiger partial charge in [-0.1, -0.05) is 0 Å². The van der Waals surface area contributed by atoms with Crippen LogP contribution in [0.3, 0.4) is 0 Å². The Bertz CT molecular complexity index is 525. The lowest BCUT2D eigenvalue weighted by molar-refractivity contribution is -0.645. The van der Waals surface area contributed by atoms with Gasteiger partial charge in [-0.2, -0.15) is 4.57 Å². The fraction of sp³-hybridized carbons (Fsp3) is 0.182. The van der Waals surface area contributed by atoms with Gasteiger partial charge in [-0.15, -0.1) is 11.8 Å². The number of nitrogens with zero attached hydrogens (tertiary/aromatic N) is 1.